The van der Waals surface area contributed by atoms with Gasteiger partial charge in [-0.2, -0.15) is 11.8 Å². The Morgan fingerprint density at radius 1 is 1.50 bits per heavy atom. The molecule has 1 aliphatic rings. The van der Waals surface area contributed by atoms with Crippen LogP contribution in [-0.2, 0) is 6.54 Å². The molecule has 3 heteroatoms. The second-order valence-electron chi connectivity index (χ2n) is 3.84. The van der Waals surface area contributed by atoms with E-state index in [-0.39, 0.29) is 0 Å². The molecule has 1 fully saturated rings. The van der Waals surface area contributed by atoms with E-state index in [1.807, 2.05) is 6.20 Å². The average Bonchev–Trinajstić information content (AvgIpc) is 2.72. The molecule has 1 unspecified atom stereocenters. The molecule has 0 spiro atoms. The molecule has 1 aliphatic heterocycles. The molecule has 1 saturated heterocycles. The van der Waals surface area contributed by atoms with E-state index < -0.39 is 0 Å². The van der Waals surface area contributed by atoms with E-state index in [9.17, 15) is 0 Å². The van der Waals surface area contributed by atoms with Gasteiger partial charge in [-0.25, -0.2) is 0 Å². The molecular weight excluding hydrogens is 192 g/mol. The SMILES string of the molecule is c1cc(CNCC2CCCCS2)c[nH]1. The van der Waals surface area contributed by atoms with Crippen molar-refractivity contribution in [2.24, 2.45) is 0 Å². The summed E-state index contributed by atoms with van der Waals surface area (Å²) in [6.45, 7) is 2.16. The van der Waals surface area contributed by atoms with Crippen molar-refractivity contribution < 1.29 is 0 Å². The highest BCUT2D eigenvalue weighted by Crippen LogP contribution is 2.24. The minimum Gasteiger partial charge on any atom is -0.367 e. The fraction of sp³-hybridized carbons (Fsp3) is 0.636. The van der Waals surface area contributed by atoms with Crippen molar-refractivity contribution in [1.82, 2.24) is 10.3 Å². The van der Waals surface area contributed by atoms with Crippen molar-refractivity contribution in [3.63, 3.8) is 0 Å². The summed E-state index contributed by atoms with van der Waals surface area (Å²) in [5.41, 5.74) is 1.35. The van der Waals surface area contributed by atoms with Gasteiger partial charge in [0.2, 0.25) is 0 Å². The maximum Gasteiger partial charge on any atom is 0.0220 e. The monoisotopic (exact) mass is 210 g/mol. The number of hydrogen-bond donors (Lipinski definition) is 2. The Morgan fingerprint density at radius 2 is 2.50 bits per heavy atom. The second-order valence-corrected chi connectivity index (χ2v) is 5.25. The Labute approximate surface area is 89.9 Å². The summed E-state index contributed by atoms with van der Waals surface area (Å²) in [4.78, 5) is 3.07. The summed E-state index contributed by atoms with van der Waals surface area (Å²) >= 11 is 2.13. The van der Waals surface area contributed by atoms with Gasteiger partial charge in [-0.3, -0.25) is 0 Å². The first-order chi connectivity index (χ1) is 6.95. The van der Waals surface area contributed by atoms with E-state index in [1.54, 1.807) is 0 Å². The summed E-state index contributed by atoms with van der Waals surface area (Å²) < 4.78 is 0. The first-order valence-electron chi connectivity index (χ1n) is 5.39. The fourth-order valence-corrected chi connectivity index (χ4v) is 3.09. The zero-order chi connectivity index (χ0) is 9.64. The van der Waals surface area contributed by atoms with Gasteiger partial charge in [0.05, 0.1) is 0 Å². The lowest BCUT2D eigenvalue weighted by Gasteiger charge is -2.21. The highest BCUT2D eigenvalue weighted by molar-refractivity contribution is 7.99. The molecular formula is C11H18N2S. The average molecular weight is 210 g/mol. The topological polar surface area (TPSA) is 27.8 Å². The van der Waals surface area contributed by atoms with Crippen LogP contribution in [-0.4, -0.2) is 22.5 Å². The van der Waals surface area contributed by atoms with Crippen molar-refractivity contribution >= 4 is 11.8 Å². The summed E-state index contributed by atoms with van der Waals surface area (Å²) in [5.74, 6) is 1.36. The van der Waals surface area contributed by atoms with E-state index in [2.05, 4.69) is 34.3 Å². The molecule has 1 aromatic heterocycles. The van der Waals surface area contributed by atoms with Crippen LogP contribution in [0, 0.1) is 0 Å². The summed E-state index contributed by atoms with van der Waals surface area (Å²) in [6.07, 6.45) is 8.26. The number of nitrogens with one attached hydrogen (secondary N) is 2. The van der Waals surface area contributed by atoms with Crippen molar-refractivity contribution in [3.8, 4) is 0 Å². The highest BCUT2D eigenvalue weighted by Gasteiger charge is 2.12. The van der Waals surface area contributed by atoms with Gasteiger partial charge in [0, 0.05) is 30.7 Å². The fourth-order valence-electron chi connectivity index (χ4n) is 1.81. The van der Waals surface area contributed by atoms with E-state index >= 15 is 0 Å². The highest BCUT2D eigenvalue weighted by atomic mass is 32.2. The van der Waals surface area contributed by atoms with Gasteiger partial charge in [0.15, 0.2) is 0 Å². The summed E-state index contributed by atoms with van der Waals surface area (Å²) in [5, 5.41) is 4.37. The third-order valence-corrected chi connectivity index (χ3v) is 4.04. The van der Waals surface area contributed by atoms with Crippen LogP contribution in [0.1, 0.15) is 24.8 Å². The minimum absolute atomic E-state index is 0.850. The smallest absolute Gasteiger partial charge is 0.0220 e. The predicted octanol–water partition coefficient (Wildman–Crippen LogP) is 2.39. The number of thioether (sulfide) groups is 1. The lowest BCUT2D eigenvalue weighted by Crippen LogP contribution is -2.26. The van der Waals surface area contributed by atoms with Gasteiger partial charge in [-0.1, -0.05) is 6.42 Å². The van der Waals surface area contributed by atoms with E-state index in [0.29, 0.717) is 0 Å². The summed E-state index contributed by atoms with van der Waals surface area (Å²) in [7, 11) is 0. The van der Waals surface area contributed by atoms with Crippen molar-refractivity contribution in [1.29, 1.82) is 0 Å². The van der Waals surface area contributed by atoms with Crippen LogP contribution in [0.5, 0.6) is 0 Å². The molecule has 2 N–H and O–H groups in total. The molecule has 0 bridgehead atoms. The molecule has 1 aromatic rings. The Balaban J connectivity index is 1.62. The van der Waals surface area contributed by atoms with Crippen molar-refractivity contribution in [3.05, 3.63) is 24.0 Å². The number of rotatable bonds is 4. The van der Waals surface area contributed by atoms with Crippen LogP contribution < -0.4 is 5.32 Å². The van der Waals surface area contributed by atoms with Gasteiger partial charge in [0.1, 0.15) is 0 Å². The number of aromatic amines is 1. The molecule has 0 saturated carbocycles. The molecule has 1 atom stereocenters. The lowest BCUT2D eigenvalue weighted by molar-refractivity contribution is 0.598. The molecule has 2 heterocycles. The Morgan fingerprint density at radius 3 is 3.21 bits per heavy atom. The van der Waals surface area contributed by atoms with Crippen LogP contribution in [0.2, 0.25) is 0 Å². The molecule has 0 amide bonds. The predicted molar refractivity (Wildman–Crippen MR) is 62.6 cm³/mol. The Bertz CT molecular complexity index is 240. The van der Waals surface area contributed by atoms with Crippen LogP contribution in [0.4, 0.5) is 0 Å². The number of aromatic nitrogens is 1. The maximum absolute atomic E-state index is 3.52. The first kappa shape index (κ1) is 10.1. The third kappa shape index (κ3) is 3.07. The lowest BCUT2D eigenvalue weighted by atomic mass is 10.2. The largest absolute Gasteiger partial charge is 0.367 e. The third-order valence-electron chi connectivity index (χ3n) is 2.64. The molecule has 2 nitrogen and oxygen atoms in total. The molecule has 78 valence electrons. The molecule has 0 aliphatic carbocycles. The quantitative estimate of drug-likeness (QED) is 0.798. The Kier molecular flexibility index (Phi) is 3.95. The van der Waals surface area contributed by atoms with Crippen LogP contribution >= 0.6 is 11.8 Å². The second kappa shape index (κ2) is 5.47. The van der Waals surface area contributed by atoms with E-state index in [1.165, 1.54) is 30.6 Å². The first-order valence-corrected chi connectivity index (χ1v) is 6.44. The van der Waals surface area contributed by atoms with Crippen LogP contribution in [0.25, 0.3) is 0 Å². The van der Waals surface area contributed by atoms with Crippen molar-refractivity contribution in [2.75, 3.05) is 12.3 Å². The number of H-pyrrole nitrogens is 1. The van der Waals surface area contributed by atoms with E-state index in [0.717, 1.165) is 18.3 Å². The molecule has 0 aromatic carbocycles. The van der Waals surface area contributed by atoms with E-state index in [4.69, 9.17) is 0 Å². The zero-order valence-electron chi connectivity index (χ0n) is 8.46. The van der Waals surface area contributed by atoms with Gasteiger partial charge in [0.25, 0.3) is 0 Å². The van der Waals surface area contributed by atoms with Gasteiger partial charge >= 0.3 is 0 Å². The number of hydrogen-bond acceptors (Lipinski definition) is 2. The zero-order valence-corrected chi connectivity index (χ0v) is 9.28. The molecule has 14 heavy (non-hydrogen) atoms. The normalized spacial score (nSPS) is 22.4. The van der Waals surface area contributed by atoms with Gasteiger partial charge in [-0.05, 0) is 30.2 Å². The molecule has 0 radical (unpaired) electrons. The Hall–Kier alpha value is -0.410. The summed E-state index contributed by atoms with van der Waals surface area (Å²) in [6, 6.07) is 2.13. The molecule has 2 rings (SSSR count). The van der Waals surface area contributed by atoms with Crippen LogP contribution in [0.15, 0.2) is 18.5 Å². The van der Waals surface area contributed by atoms with Crippen molar-refractivity contribution in [2.45, 2.75) is 31.1 Å². The van der Waals surface area contributed by atoms with Gasteiger partial charge in [-0.15, -0.1) is 0 Å². The van der Waals surface area contributed by atoms with Gasteiger partial charge < -0.3 is 10.3 Å². The standard InChI is InChI=1S/C11H18N2S/c1-2-6-14-11(3-1)9-13-8-10-4-5-12-7-10/h4-5,7,11-13H,1-3,6,8-9H2. The maximum atomic E-state index is 3.52. The van der Waals surface area contributed by atoms with Crippen LogP contribution in [0.3, 0.4) is 0 Å². The minimum atomic E-state index is 0.850.